The first-order valence-corrected chi connectivity index (χ1v) is 6.74. The minimum absolute atomic E-state index is 0.0342. The van der Waals surface area contributed by atoms with Gasteiger partial charge in [0.05, 0.1) is 11.7 Å². The molecule has 1 rings (SSSR count). The third-order valence-corrected chi connectivity index (χ3v) is 4.28. The lowest BCUT2D eigenvalue weighted by Gasteiger charge is -2.30. The monoisotopic (exact) mass is 238 g/mol. The third kappa shape index (κ3) is 3.43. The molecule has 0 heterocycles. The number of nitrogens with zero attached hydrogens (tertiary/aromatic N) is 1. The van der Waals surface area contributed by atoms with Crippen molar-refractivity contribution in [3.63, 3.8) is 0 Å². The van der Waals surface area contributed by atoms with E-state index in [4.69, 9.17) is 4.74 Å². The van der Waals surface area contributed by atoms with Crippen LogP contribution in [0.25, 0.3) is 0 Å². The highest BCUT2D eigenvalue weighted by molar-refractivity contribution is 5.13. The first-order chi connectivity index (χ1) is 7.99. The fourth-order valence-corrected chi connectivity index (χ4v) is 2.58. The number of nitrogens with one attached hydrogen (secondary N) is 1. The van der Waals surface area contributed by atoms with Crippen molar-refractivity contribution in [2.45, 2.75) is 64.0 Å². The van der Waals surface area contributed by atoms with Crippen LogP contribution in [0.5, 0.6) is 0 Å². The zero-order valence-corrected chi connectivity index (χ0v) is 11.7. The Balaban J connectivity index is 2.44. The highest BCUT2D eigenvalue weighted by atomic mass is 16.5. The van der Waals surface area contributed by atoms with Crippen molar-refractivity contribution < 1.29 is 4.74 Å². The Bertz CT molecular complexity index is 282. The summed E-state index contributed by atoms with van der Waals surface area (Å²) in [5, 5.41) is 12.6. The fraction of sp³-hybridized carbons (Fsp3) is 0.929. The molecule has 3 nitrogen and oxygen atoms in total. The van der Waals surface area contributed by atoms with Gasteiger partial charge in [-0.25, -0.2) is 0 Å². The highest BCUT2D eigenvalue weighted by Gasteiger charge is 2.41. The van der Waals surface area contributed by atoms with Gasteiger partial charge in [0.1, 0.15) is 5.54 Å². The Hall–Kier alpha value is -0.590. The van der Waals surface area contributed by atoms with Crippen LogP contribution >= 0.6 is 0 Å². The molecule has 0 radical (unpaired) electrons. The molecule has 1 saturated carbocycles. The second-order valence-corrected chi connectivity index (χ2v) is 5.67. The van der Waals surface area contributed by atoms with Gasteiger partial charge >= 0.3 is 0 Å². The van der Waals surface area contributed by atoms with E-state index in [0.717, 1.165) is 38.7 Å². The van der Waals surface area contributed by atoms with Crippen LogP contribution in [-0.4, -0.2) is 24.8 Å². The summed E-state index contributed by atoms with van der Waals surface area (Å²) < 4.78 is 5.89. The van der Waals surface area contributed by atoms with E-state index in [1.165, 1.54) is 0 Å². The summed E-state index contributed by atoms with van der Waals surface area (Å²) in [6.07, 6.45) is 5.27. The maximum atomic E-state index is 9.34. The zero-order valence-electron chi connectivity index (χ0n) is 11.7. The van der Waals surface area contributed by atoms with E-state index < -0.39 is 0 Å². The molecular weight excluding hydrogens is 212 g/mol. The lowest BCUT2D eigenvalue weighted by molar-refractivity contribution is -0.0275. The average molecular weight is 238 g/mol. The van der Waals surface area contributed by atoms with E-state index in [1.807, 2.05) is 7.05 Å². The van der Waals surface area contributed by atoms with Gasteiger partial charge in [0.15, 0.2) is 0 Å². The normalized spacial score (nSPS) is 29.2. The molecule has 17 heavy (non-hydrogen) atoms. The smallest absolute Gasteiger partial charge is 0.109 e. The Morgan fingerprint density at radius 3 is 2.76 bits per heavy atom. The summed E-state index contributed by atoms with van der Waals surface area (Å²) in [6, 6.07) is 2.47. The molecular formula is C14H26N2O. The molecule has 0 aromatic carbocycles. The Kier molecular flexibility index (Phi) is 4.97. The molecule has 2 unspecified atom stereocenters. The van der Waals surface area contributed by atoms with Gasteiger partial charge in [-0.05, 0) is 52.5 Å². The van der Waals surface area contributed by atoms with Gasteiger partial charge in [0.25, 0.3) is 0 Å². The van der Waals surface area contributed by atoms with E-state index in [-0.39, 0.29) is 11.1 Å². The van der Waals surface area contributed by atoms with Gasteiger partial charge in [-0.3, -0.25) is 0 Å². The van der Waals surface area contributed by atoms with Crippen LogP contribution in [0.15, 0.2) is 0 Å². The summed E-state index contributed by atoms with van der Waals surface area (Å²) in [4.78, 5) is 0. The van der Waals surface area contributed by atoms with Gasteiger partial charge in [-0.1, -0.05) is 13.3 Å². The SMILES string of the molecule is CCC(C)(C)OCCC1CCCC1(C#N)NC. The van der Waals surface area contributed by atoms with E-state index >= 15 is 0 Å². The molecule has 1 aliphatic rings. The van der Waals surface area contributed by atoms with Crippen LogP contribution < -0.4 is 5.32 Å². The van der Waals surface area contributed by atoms with E-state index in [0.29, 0.717) is 5.92 Å². The third-order valence-electron chi connectivity index (χ3n) is 4.28. The summed E-state index contributed by atoms with van der Waals surface area (Å²) in [5.41, 5.74) is -0.340. The van der Waals surface area contributed by atoms with Crippen LogP contribution in [0.4, 0.5) is 0 Å². The van der Waals surface area contributed by atoms with Gasteiger partial charge in [-0.2, -0.15) is 5.26 Å². The topological polar surface area (TPSA) is 45.0 Å². The molecule has 0 aromatic rings. The molecule has 0 amide bonds. The van der Waals surface area contributed by atoms with Gasteiger partial charge in [0, 0.05) is 6.61 Å². The van der Waals surface area contributed by atoms with E-state index in [1.54, 1.807) is 0 Å². The summed E-state index contributed by atoms with van der Waals surface area (Å²) in [6.45, 7) is 7.15. The summed E-state index contributed by atoms with van der Waals surface area (Å²) in [5.74, 6) is 0.435. The number of hydrogen-bond donors (Lipinski definition) is 1. The molecule has 1 aliphatic carbocycles. The Morgan fingerprint density at radius 2 is 2.24 bits per heavy atom. The standard InChI is InChI=1S/C14H26N2O/c1-5-13(2,3)17-10-8-12-7-6-9-14(12,11-15)16-4/h12,16H,5-10H2,1-4H3. The molecule has 1 fully saturated rings. The highest BCUT2D eigenvalue weighted by Crippen LogP contribution is 2.37. The van der Waals surface area contributed by atoms with Crippen molar-refractivity contribution in [2.75, 3.05) is 13.7 Å². The van der Waals surface area contributed by atoms with E-state index in [9.17, 15) is 5.26 Å². The molecule has 3 heteroatoms. The second-order valence-electron chi connectivity index (χ2n) is 5.67. The molecule has 98 valence electrons. The van der Waals surface area contributed by atoms with Crippen molar-refractivity contribution in [3.8, 4) is 6.07 Å². The maximum Gasteiger partial charge on any atom is 0.109 e. The van der Waals surface area contributed by atoms with Crippen molar-refractivity contribution in [2.24, 2.45) is 5.92 Å². The number of ether oxygens (including phenoxy) is 1. The largest absolute Gasteiger partial charge is 0.376 e. The van der Waals surface area contributed by atoms with E-state index in [2.05, 4.69) is 32.2 Å². The minimum Gasteiger partial charge on any atom is -0.376 e. The minimum atomic E-state index is -0.306. The van der Waals surface area contributed by atoms with Gasteiger partial charge in [-0.15, -0.1) is 0 Å². The summed E-state index contributed by atoms with van der Waals surface area (Å²) in [7, 11) is 1.90. The number of rotatable bonds is 6. The molecule has 0 spiro atoms. The maximum absolute atomic E-state index is 9.34. The van der Waals surface area contributed by atoms with Gasteiger partial charge in [0.2, 0.25) is 0 Å². The number of nitriles is 1. The van der Waals surface area contributed by atoms with Crippen LogP contribution in [0.1, 0.15) is 52.9 Å². The Labute approximate surface area is 106 Å². The molecule has 0 bridgehead atoms. The second kappa shape index (κ2) is 5.84. The van der Waals surface area contributed by atoms with Crippen LogP contribution in [-0.2, 0) is 4.74 Å². The lowest BCUT2D eigenvalue weighted by atomic mass is 9.86. The summed E-state index contributed by atoms with van der Waals surface area (Å²) >= 11 is 0. The van der Waals surface area contributed by atoms with Crippen LogP contribution in [0.3, 0.4) is 0 Å². The molecule has 0 saturated heterocycles. The molecule has 0 aromatic heterocycles. The molecule has 0 aliphatic heterocycles. The molecule has 2 atom stereocenters. The van der Waals surface area contributed by atoms with Crippen molar-refractivity contribution in [1.82, 2.24) is 5.32 Å². The van der Waals surface area contributed by atoms with Crippen molar-refractivity contribution in [1.29, 1.82) is 5.26 Å². The first kappa shape index (κ1) is 14.5. The molecule has 1 N–H and O–H groups in total. The fourth-order valence-electron chi connectivity index (χ4n) is 2.58. The Morgan fingerprint density at radius 1 is 1.53 bits per heavy atom. The lowest BCUT2D eigenvalue weighted by Crippen LogP contribution is -2.45. The predicted molar refractivity (Wildman–Crippen MR) is 69.7 cm³/mol. The number of hydrogen-bond acceptors (Lipinski definition) is 3. The quantitative estimate of drug-likeness (QED) is 0.774. The first-order valence-electron chi connectivity index (χ1n) is 6.74. The zero-order chi connectivity index (χ0) is 12.9. The van der Waals surface area contributed by atoms with Crippen molar-refractivity contribution in [3.05, 3.63) is 0 Å². The average Bonchev–Trinajstić information content (AvgIpc) is 2.73. The predicted octanol–water partition coefficient (Wildman–Crippen LogP) is 2.86. The van der Waals surface area contributed by atoms with Crippen LogP contribution in [0, 0.1) is 17.2 Å². The van der Waals surface area contributed by atoms with Crippen molar-refractivity contribution >= 4 is 0 Å². The van der Waals surface area contributed by atoms with Crippen LogP contribution in [0.2, 0.25) is 0 Å². The van der Waals surface area contributed by atoms with Gasteiger partial charge < -0.3 is 10.1 Å².